The van der Waals surface area contributed by atoms with E-state index in [9.17, 15) is 4.79 Å². The zero-order chi connectivity index (χ0) is 9.68. The molecule has 0 saturated carbocycles. The van der Waals surface area contributed by atoms with E-state index >= 15 is 0 Å². The summed E-state index contributed by atoms with van der Waals surface area (Å²) < 4.78 is 0. The Morgan fingerprint density at radius 1 is 1.62 bits per heavy atom. The Morgan fingerprint density at radius 2 is 2.38 bits per heavy atom. The molecule has 3 nitrogen and oxygen atoms in total. The smallest absolute Gasteiger partial charge is 0.317 e. The molecular weight excluding hydrogens is 206 g/mol. The van der Waals surface area contributed by atoms with Gasteiger partial charge in [-0.1, -0.05) is 16.9 Å². The zero-order valence-corrected chi connectivity index (χ0v) is 8.64. The minimum Gasteiger partial charge on any atom is -0.480 e. The van der Waals surface area contributed by atoms with Crippen LogP contribution < -0.4 is 0 Å². The molecule has 1 unspecified atom stereocenters. The maximum Gasteiger partial charge on any atom is 0.317 e. The van der Waals surface area contributed by atoms with Gasteiger partial charge in [0.1, 0.15) is 10.3 Å². The van der Waals surface area contributed by atoms with Crippen molar-refractivity contribution in [1.82, 2.24) is 4.98 Å². The van der Waals surface area contributed by atoms with Gasteiger partial charge in [-0.25, -0.2) is 4.98 Å². The molecule has 0 aliphatic heterocycles. The Morgan fingerprint density at radius 3 is 2.92 bits per heavy atom. The number of rotatable bonds is 4. The van der Waals surface area contributed by atoms with Crippen molar-refractivity contribution in [3.05, 3.63) is 24.4 Å². The quantitative estimate of drug-likeness (QED) is 0.781. The predicted molar refractivity (Wildman–Crippen MR) is 54.8 cm³/mol. The van der Waals surface area contributed by atoms with Crippen LogP contribution in [0.15, 0.2) is 29.4 Å². The summed E-state index contributed by atoms with van der Waals surface area (Å²) in [6.45, 7) is 1.66. The highest BCUT2D eigenvalue weighted by Crippen LogP contribution is 2.32. The van der Waals surface area contributed by atoms with Crippen LogP contribution in [-0.2, 0) is 4.79 Å². The highest BCUT2D eigenvalue weighted by molar-refractivity contribution is 8.77. The average Bonchev–Trinajstić information content (AvgIpc) is 2.15. The molecule has 5 heteroatoms. The summed E-state index contributed by atoms with van der Waals surface area (Å²) in [6.07, 6.45) is 1.69. The molecule has 0 bridgehead atoms. The maximum atomic E-state index is 10.5. The minimum absolute atomic E-state index is 0.410. The van der Waals surface area contributed by atoms with Crippen molar-refractivity contribution in [1.29, 1.82) is 0 Å². The van der Waals surface area contributed by atoms with Crippen molar-refractivity contribution in [3.63, 3.8) is 0 Å². The molecule has 0 saturated heterocycles. The summed E-state index contributed by atoms with van der Waals surface area (Å²) in [5.41, 5.74) is 0. The number of hydrogen-bond acceptors (Lipinski definition) is 4. The predicted octanol–water partition coefficient (Wildman–Crippen LogP) is 2.29. The monoisotopic (exact) mass is 215 g/mol. The van der Waals surface area contributed by atoms with Gasteiger partial charge in [-0.05, 0) is 29.9 Å². The van der Waals surface area contributed by atoms with Gasteiger partial charge in [0.2, 0.25) is 0 Å². The van der Waals surface area contributed by atoms with Gasteiger partial charge in [-0.3, -0.25) is 4.79 Å². The molecule has 1 atom stereocenters. The van der Waals surface area contributed by atoms with E-state index in [-0.39, 0.29) is 0 Å². The van der Waals surface area contributed by atoms with Gasteiger partial charge in [-0.2, -0.15) is 0 Å². The molecule has 13 heavy (non-hydrogen) atoms. The number of carboxylic acid groups (broad SMARTS) is 1. The largest absolute Gasteiger partial charge is 0.480 e. The third-order valence-electron chi connectivity index (χ3n) is 1.26. The van der Waals surface area contributed by atoms with Crippen LogP contribution in [0, 0.1) is 0 Å². The van der Waals surface area contributed by atoms with Gasteiger partial charge in [-0.15, -0.1) is 0 Å². The first-order chi connectivity index (χ1) is 6.20. The lowest BCUT2D eigenvalue weighted by Gasteiger charge is -2.03. The third-order valence-corrected chi connectivity index (χ3v) is 3.93. The highest BCUT2D eigenvalue weighted by Gasteiger charge is 2.11. The van der Waals surface area contributed by atoms with Crippen LogP contribution in [0.4, 0.5) is 0 Å². The summed E-state index contributed by atoms with van der Waals surface area (Å²) in [6, 6.07) is 5.56. The summed E-state index contributed by atoms with van der Waals surface area (Å²) >= 11 is 0. The summed E-state index contributed by atoms with van der Waals surface area (Å²) in [5.74, 6) is -0.798. The molecule has 0 aliphatic carbocycles. The molecule has 1 rings (SSSR count). The van der Waals surface area contributed by atoms with Crippen LogP contribution in [0.2, 0.25) is 0 Å². The van der Waals surface area contributed by atoms with Crippen LogP contribution in [0.1, 0.15) is 6.92 Å². The van der Waals surface area contributed by atoms with E-state index in [0.717, 1.165) is 5.03 Å². The standard InChI is InChI=1S/C8H9NO2S2/c1-6(8(10)11)12-13-7-4-2-3-5-9-7/h2-6H,1H3,(H,10,11). The van der Waals surface area contributed by atoms with Crippen molar-refractivity contribution >= 4 is 27.6 Å². The second-order valence-electron chi connectivity index (χ2n) is 2.33. The molecular formula is C8H9NO2S2. The van der Waals surface area contributed by atoms with Gasteiger partial charge < -0.3 is 5.11 Å². The first-order valence-corrected chi connectivity index (χ1v) is 5.88. The average molecular weight is 215 g/mol. The normalized spacial score (nSPS) is 12.4. The number of aromatic nitrogens is 1. The van der Waals surface area contributed by atoms with Crippen molar-refractivity contribution < 1.29 is 9.90 Å². The molecule has 0 radical (unpaired) electrons. The van der Waals surface area contributed by atoms with E-state index < -0.39 is 11.2 Å². The Labute approximate surface area is 84.3 Å². The third kappa shape index (κ3) is 3.69. The topological polar surface area (TPSA) is 50.2 Å². The number of aliphatic carboxylic acids is 1. The molecule has 1 N–H and O–H groups in total. The Hall–Kier alpha value is -0.680. The van der Waals surface area contributed by atoms with E-state index in [1.54, 1.807) is 13.1 Å². The van der Waals surface area contributed by atoms with E-state index in [1.807, 2.05) is 18.2 Å². The first kappa shape index (κ1) is 10.4. The molecule has 70 valence electrons. The lowest BCUT2D eigenvalue weighted by molar-refractivity contribution is -0.136. The van der Waals surface area contributed by atoms with Gasteiger partial charge in [0, 0.05) is 6.20 Å². The molecule has 1 aromatic heterocycles. The summed E-state index contributed by atoms with van der Waals surface area (Å²) in [7, 11) is 2.67. The van der Waals surface area contributed by atoms with Gasteiger partial charge in [0.25, 0.3) is 0 Å². The highest BCUT2D eigenvalue weighted by atomic mass is 33.1. The fourth-order valence-corrected chi connectivity index (χ4v) is 2.39. The lowest BCUT2D eigenvalue weighted by atomic mass is 10.5. The fraction of sp³-hybridized carbons (Fsp3) is 0.250. The van der Waals surface area contributed by atoms with E-state index in [1.165, 1.54) is 21.6 Å². The molecule has 0 spiro atoms. The number of pyridine rings is 1. The second-order valence-corrected chi connectivity index (χ2v) is 4.89. The van der Waals surface area contributed by atoms with Gasteiger partial charge in [0.15, 0.2) is 0 Å². The van der Waals surface area contributed by atoms with Gasteiger partial charge in [0.05, 0.1) is 0 Å². The van der Waals surface area contributed by atoms with E-state index in [0.29, 0.717) is 0 Å². The summed E-state index contributed by atoms with van der Waals surface area (Å²) in [4.78, 5) is 14.5. The Bertz CT molecular complexity index is 279. The fourth-order valence-electron chi connectivity index (χ4n) is 0.559. The minimum atomic E-state index is -0.798. The number of hydrogen-bond donors (Lipinski definition) is 1. The van der Waals surface area contributed by atoms with E-state index in [4.69, 9.17) is 5.11 Å². The molecule has 0 amide bonds. The SMILES string of the molecule is CC(SSc1ccccn1)C(=O)O. The lowest BCUT2D eigenvalue weighted by Crippen LogP contribution is -2.09. The molecule has 1 heterocycles. The van der Waals surface area contributed by atoms with Crippen LogP contribution in [0.25, 0.3) is 0 Å². The Kier molecular flexibility index (Phi) is 4.11. The maximum absolute atomic E-state index is 10.5. The van der Waals surface area contributed by atoms with Crippen LogP contribution in [-0.4, -0.2) is 21.3 Å². The first-order valence-electron chi connectivity index (χ1n) is 3.67. The Balaban J connectivity index is 2.39. The van der Waals surface area contributed by atoms with Crippen molar-refractivity contribution in [2.24, 2.45) is 0 Å². The van der Waals surface area contributed by atoms with Gasteiger partial charge >= 0.3 is 5.97 Å². The molecule has 0 fully saturated rings. The zero-order valence-electron chi connectivity index (χ0n) is 7.01. The van der Waals surface area contributed by atoms with Crippen LogP contribution in [0.5, 0.6) is 0 Å². The number of carbonyl (C=O) groups is 1. The van der Waals surface area contributed by atoms with Crippen molar-refractivity contribution in [2.45, 2.75) is 17.2 Å². The molecule has 0 aromatic carbocycles. The van der Waals surface area contributed by atoms with E-state index in [2.05, 4.69) is 4.98 Å². The van der Waals surface area contributed by atoms with Crippen LogP contribution in [0.3, 0.4) is 0 Å². The summed E-state index contributed by atoms with van der Waals surface area (Å²) in [5, 5.41) is 9.03. The second kappa shape index (κ2) is 5.14. The van der Waals surface area contributed by atoms with Crippen molar-refractivity contribution in [2.75, 3.05) is 0 Å². The number of nitrogens with zero attached hydrogens (tertiary/aromatic N) is 1. The number of carboxylic acids is 1. The van der Waals surface area contributed by atoms with Crippen molar-refractivity contribution in [3.8, 4) is 0 Å². The van der Waals surface area contributed by atoms with Crippen LogP contribution >= 0.6 is 21.6 Å². The molecule has 1 aromatic rings. The molecule has 0 aliphatic rings.